The number of amides is 2. The molecule has 0 radical (unpaired) electrons. The van der Waals surface area contributed by atoms with Crippen molar-refractivity contribution >= 4 is 17.5 Å². The third kappa shape index (κ3) is 6.05. The molecule has 1 unspecified atom stereocenters. The molecule has 31 heavy (non-hydrogen) atoms. The van der Waals surface area contributed by atoms with Gasteiger partial charge >= 0.3 is 0 Å². The number of aromatic nitrogens is 1. The number of rotatable bonds is 9. The Bertz CT molecular complexity index is 979. The van der Waals surface area contributed by atoms with Gasteiger partial charge in [0.15, 0.2) is 0 Å². The van der Waals surface area contributed by atoms with Crippen molar-refractivity contribution in [2.45, 2.75) is 19.4 Å². The molecule has 3 aromatic rings. The minimum atomic E-state index is -0.749. The zero-order valence-electron chi connectivity index (χ0n) is 17.6. The third-order valence-corrected chi connectivity index (χ3v) is 4.75. The summed E-state index contributed by atoms with van der Waals surface area (Å²) in [4.78, 5) is 30.1. The zero-order chi connectivity index (χ0) is 22.1. The molecule has 160 valence electrons. The molecule has 2 aromatic carbocycles. The molecule has 0 fully saturated rings. The van der Waals surface area contributed by atoms with Crippen LogP contribution in [0.3, 0.4) is 0 Å². The molecule has 0 bridgehead atoms. The van der Waals surface area contributed by atoms with Gasteiger partial charge < -0.3 is 10.1 Å². The second kappa shape index (κ2) is 10.8. The van der Waals surface area contributed by atoms with Crippen molar-refractivity contribution in [2.24, 2.45) is 0 Å². The fourth-order valence-electron chi connectivity index (χ4n) is 3.09. The summed E-state index contributed by atoms with van der Waals surface area (Å²) in [5.41, 5.74) is 5.22. The molecule has 1 aromatic heterocycles. The molecule has 7 heteroatoms. The third-order valence-electron chi connectivity index (χ3n) is 4.75. The second-order valence-corrected chi connectivity index (χ2v) is 6.88. The van der Waals surface area contributed by atoms with E-state index in [4.69, 9.17) is 4.74 Å². The fourth-order valence-corrected chi connectivity index (χ4v) is 3.09. The number of nitrogens with zero attached hydrogens (tertiary/aromatic N) is 2. The van der Waals surface area contributed by atoms with E-state index in [2.05, 4.69) is 15.7 Å². The van der Waals surface area contributed by atoms with E-state index in [1.54, 1.807) is 25.4 Å². The van der Waals surface area contributed by atoms with Crippen molar-refractivity contribution in [2.75, 3.05) is 19.1 Å². The summed E-state index contributed by atoms with van der Waals surface area (Å²) >= 11 is 0. The summed E-state index contributed by atoms with van der Waals surface area (Å²) in [6, 6.07) is 19.5. The van der Waals surface area contributed by atoms with Crippen molar-refractivity contribution in [1.82, 2.24) is 15.3 Å². The van der Waals surface area contributed by atoms with Crippen LogP contribution in [0.5, 0.6) is 5.75 Å². The van der Waals surface area contributed by atoms with Crippen LogP contribution in [0.25, 0.3) is 0 Å². The van der Waals surface area contributed by atoms with E-state index < -0.39 is 6.04 Å². The quantitative estimate of drug-likeness (QED) is 0.521. The van der Waals surface area contributed by atoms with Crippen LogP contribution in [0.2, 0.25) is 0 Å². The van der Waals surface area contributed by atoms with Crippen LogP contribution in [0, 0.1) is 0 Å². The number of hydrogen-bond donors (Lipinski definition) is 2. The van der Waals surface area contributed by atoms with Gasteiger partial charge in [-0.05, 0) is 48.9 Å². The second-order valence-electron chi connectivity index (χ2n) is 6.88. The summed E-state index contributed by atoms with van der Waals surface area (Å²) in [6.45, 7) is 2.29. The molecule has 0 saturated heterocycles. The number of hydrogen-bond acceptors (Lipinski definition) is 5. The first-order chi connectivity index (χ1) is 15.1. The lowest BCUT2D eigenvalue weighted by Crippen LogP contribution is -2.51. The Morgan fingerprint density at radius 3 is 2.39 bits per heavy atom. The van der Waals surface area contributed by atoms with Gasteiger partial charge in [-0.2, -0.15) is 0 Å². The van der Waals surface area contributed by atoms with Gasteiger partial charge in [-0.3, -0.25) is 25.0 Å². The highest BCUT2D eigenvalue weighted by Gasteiger charge is 2.26. The molecule has 0 aliphatic heterocycles. The van der Waals surface area contributed by atoms with Gasteiger partial charge in [-0.15, -0.1) is 0 Å². The Hall–Kier alpha value is -3.87. The van der Waals surface area contributed by atoms with Crippen LogP contribution in [0.4, 0.5) is 5.69 Å². The maximum Gasteiger partial charge on any atom is 0.263 e. The summed E-state index contributed by atoms with van der Waals surface area (Å²) in [6.07, 6.45) is 3.44. The normalized spacial score (nSPS) is 11.3. The predicted molar refractivity (Wildman–Crippen MR) is 120 cm³/mol. The van der Waals surface area contributed by atoms with Crippen molar-refractivity contribution < 1.29 is 14.3 Å². The summed E-state index contributed by atoms with van der Waals surface area (Å²) in [5, 5.41) is 4.37. The number of ether oxygens (including phenoxy) is 1. The number of carbonyl (C=O) groups excluding carboxylic acids is 2. The molecule has 7 nitrogen and oxygen atoms in total. The highest BCUT2D eigenvalue weighted by atomic mass is 16.5. The summed E-state index contributed by atoms with van der Waals surface area (Å²) in [5.74, 6) is 0.146. The number of carbonyl (C=O) groups is 2. The lowest BCUT2D eigenvalue weighted by Gasteiger charge is -2.28. The average Bonchev–Trinajstić information content (AvgIpc) is 2.83. The SMILES string of the molecule is CCN(Nc1ccc(OC)cc1)C(=O)C(Cc1ccccc1)NC(=O)c1cccnc1. The van der Waals surface area contributed by atoms with E-state index in [1.807, 2.05) is 61.5 Å². The molecule has 0 spiro atoms. The number of anilines is 1. The number of nitrogens with one attached hydrogen (secondary N) is 2. The van der Waals surface area contributed by atoms with Crippen LogP contribution >= 0.6 is 0 Å². The number of benzene rings is 2. The monoisotopic (exact) mass is 418 g/mol. The number of pyridine rings is 1. The van der Waals surface area contributed by atoms with E-state index in [9.17, 15) is 9.59 Å². The Morgan fingerprint density at radius 2 is 1.77 bits per heavy atom. The molecule has 1 heterocycles. The molecule has 2 amide bonds. The predicted octanol–water partition coefficient (Wildman–Crippen LogP) is 3.31. The van der Waals surface area contributed by atoms with Crippen LogP contribution in [-0.2, 0) is 11.2 Å². The van der Waals surface area contributed by atoms with Gasteiger partial charge in [0.05, 0.1) is 18.4 Å². The van der Waals surface area contributed by atoms with E-state index in [0.29, 0.717) is 18.5 Å². The maximum atomic E-state index is 13.4. The fraction of sp³-hybridized carbons (Fsp3) is 0.208. The topological polar surface area (TPSA) is 83.6 Å². The van der Waals surface area contributed by atoms with Crippen LogP contribution < -0.4 is 15.5 Å². The first kappa shape index (κ1) is 21.8. The Labute approximate surface area is 182 Å². The lowest BCUT2D eigenvalue weighted by atomic mass is 10.0. The van der Waals surface area contributed by atoms with Crippen molar-refractivity contribution in [3.8, 4) is 5.75 Å². The van der Waals surface area contributed by atoms with Gasteiger partial charge in [0.25, 0.3) is 11.8 Å². The van der Waals surface area contributed by atoms with Gasteiger partial charge in [0, 0.05) is 25.4 Å². The first-order valence-electron chi connectivity index (χ1n) is 10.1. The molecule has 0 saturated carbocycles. The molecule has 3 rings (SSSR count). The summed E-state index contributed by atoms with van der Waals surface area (Å²) < 4.78 is 5.18. The Morgan fingerprint density at radius 1 is 1.03 bits per heavy atom. The van der Waals surface area contributed by atoms with Gasteiger partial charge in [-0.25, -0.2) is 0 Å². The standard InChI is InChI=1S/C24H26N4O3/c1-3-28(27-20-11-13-21(31-2)14-12-20)24(30)22(16-18-8-5-4-6-9-18)26-23(29)19-10-7-15-25-17-19/h4-15,17,22,27H,3,16H2,1-2H3,(H,26,29). The highest BCUT2D eigenvalue weighted by Crippen LogP contribution is 2.16. The van der Waals surface area contributed by atoms with E-state index in [1.165, 1.54) is 11.2 Å². The zero-order valence-corrected chi connectivity index (χ0v) is 17.6. The van der Waals surface area contributed by atoms with Gasteiger partial charge in [0.2, 0.25) is 0 Å². The van der Waals surface area contributed by atoms with Crippen LogP contribution in [-0.4, -0.2) is 41.5 Å². The van der Waals surface area contributed by atoms with Gasteiger partial charge in [0.1, 0.15) is 11.8 Å². The molecule has 2 N–H and O–H groups in total. The number of likely N-dealkylation sites (N-methyl/N-ethyl adjacent to an activating group) is 1. The number of methoxy groups -OCH3 is 1. The first-order valence-corrected chi connectivity index (χ1v) is 10.1. The van der Waals surface area contributed by atoms with Crippen molar-refractivity contribution in [1.29, 1.82) is 0 Å². The summed E-state index contributed by atoms with van der Waals surface area (Å²) in [7, 11) is 1.60. The van der Waals surface area contributed by atoms with Crippen molar-refractivity contribution in [3.05, 3.63) is 90.3 Å². The van der Waals surface area contributed by atoms with Crippen LogP contribution in [0.1, 0.15) is 22.8 Å². The molecule has 0 aliphatic rings. The largest absolute Gasteiger partial charge is 0.497 e. The minimum absolute atomic E-state index is 0.237. The van der Waals surface area contributed by atoms with E-state index in [0.717, 1.165) is 17.0 Å². The molecular weight excluding hydrogens is 392 g/mol. The maximum absolute atomic E-state index is 13.4. The van der Waals surface area contributed by atoms with Gasteiger partial charge in [-0.1, -0.05) is 30.3 Å². The van der Waals surface area contributed by atoms with E-state index in [-0.39, 0.29) is 11.8 Å². The highest BCUT2D eigenvalue weighted by molar-refractivity contribution is 5.97. The Balaban J connectivity index is 1.79. The molecule has 1 atom stereocenters. The van der Waals surface area contributed by atoms with Crippen LogP contribution in [0.15, 0.2) is 79.1 Å². The van der Waals surface area contributed by atoms with Crippen molar-refractivity contribution in [3.63, 3.8) is 0 Å². The van der Waals surface area contributed by atoms with E-state index >= 15 is 0 Å². The smallest absolute Gasteiger partial charge is 0.263 e. The molecular formula is C24H26N4O3. The lowest BCUT2D eigenvalue weighted by molar-refractivity contribution is -0.131. The number of hydrazine groups is 1. The Kier molecular flexibility index (Phi) is 7.59. The molecule has 0 aliphatic carbocycles. The average molecular weight is 418 g/mol. The minimum Gasteiger partial charge on any atom is -0.497 e.